The molecule has 0 aliphatic carbocycles. The molecule has 3 aromatic rings. The molecule has 1 heterocycles. The number of rotatable bonds is 7. The van der Waals surface area contributed by atoms with E-state index in [0.29, 0.717) is 21.0 Å². The number of hydrogen-bond acceptors (Lipinski definition) is 6. The van der Waals surface area contributed by atoms with Crippen LogP contribution in [0.2, 0.25) is 0 Å². The Bertz CT molecular complexity index is 1200. The third kappa shape index (κ3) is 5.47. The maximum atomic E-state index is 13.0. The summed E-state index contributed by atoms with van der Waals surface area (Å²) in [6.45, 7) is 3.72. The van der Waals surface area contributed by atoms with Crippen molar-refractivity contribution in [3.63, 3.8) is 0 Å². The smallest absolute Gasteiger partial charge is 0.348 e. The van der Waals surface area contributed by atoms with Crippen molar-refractivity contribution in [1.29, 1.82) is 0 Å². The van der Waals surface area contributed by atoms with E-state index in [1.807, 2.05) is 0 Å². The number of aryl methyl sites for hydroxylation is 1. The van der Waals surface area contributed by atoms with Gasteiger partial charge < -0.3 is 10.1 Å². The van der Waals surface area contributed by atoms with E-state index in [1.54, 1.807) is 19.9 Å². The number of carbonyl (C=O) groups excluding carboxylic acids is 2. The molecule has 0 bridgehead atoms. The quantitative estimate of drug-likeness (QED) is 0.506. The summed E-state index contributed by atoms with van der Waals surface area (Å²) in [4.78, 5) is 24.7. The van der Waals surface area contributed by atoms with Crippen molar-refractivity contribution in [2.75, 3.05) is 16.6 Å². The third-order valence-electron chi connectivity index (χ3n) is 4.14. The third-order valence-corrected chi connectivity index (χ3v) is 6.67. The molecule has 0 unspecified atom stereocenters. The lowest BCUT2D eigenvalue weighted by molar-refractivity contribution is 0.0531. The second-order valence-corrected chi connectivity index (χ2v) is 9.17. The van der Waals surface area contributed by atoms with Crippen molar-refractivity contribution >= 4 is 43.9 Å². The first kappa shape index (κ1) is 22.4. The van der Waals surface area contributed by atoms with Gasteiger partial charge in [-0.15, -0.1) is 11.3 Å². The number of carbonyl (C=O) groups is 2. The van der Waals surface area contributed by atoms with Crippen LogP contribution in [0.15, 0.2) is 59.5 Å². The Labute approximate surface area is 182 Å². The molecule has 10 heteroatoms. The molecular formula is C21H19FN2O5S2. The highest BCUT2D eigenvalue weighted by molar-refractivity contribution is 7.92. The van der Waals surface area contributed by atoms with Gasteiger partial charge in [0.15, 0.2) is 0 Å². The zero-order valence-electron chi connectivity index (χ0n) is 16.6. The first-order valence-corrected chi connectivity index (χ1v) is 11.5. The van der Waals surface area contributed by atoms with Crippen molar-refractivity contribution < 1.29 is 27.1 Å². The van der Waals surface area contributed by atoms with Crippen molar-refractivity contribution in [2.24, 2.45) is 0 Å². The molecule has 7 nitrogen and oxygen atoms in total. The van der Waals surface area contributed by atoms with Crippen molar-refractivity contribution in [3.8, 4) is 0 Å². The van der Waals surface area contributed by atoms with Crippen LogP contribution in [0.4, 0.5) is 15.1 Å². The lowest BCUT2D eigenvalue weighted by Gasteiger charge is -2.09. The fraction of sp³-hybridized carbons (Fsp3) is 0.143. The number of sulfonamides is 1. The van der Waals surface area contributed by atoms with Crippen LogP contribution in [0.5, 0.6) is 0 Å². The van der Waals surface area contributed by atoms with E-state index in [2.05, 4.69) is 10.0 Å². The van der Waals surface area contributed by atoms with E-state index in [-0.39, 0.29) is 17.2 Å². The average Bonchev–Trinajstić information content (AvgIpc) is 3.09. The molecule has 0 spiro atoms. The number of esters is 1. The van der Waals surface area contributed by atoms with Gasteiger partial charge in [-0.2, -0.15) is 0 Å². The fourth-order valence-electron chi connectivity index (χ4n) is 2.64. The Hall–Kier alpha value is -3.24. The molecule has 1 amide bonds. The molecule has 162 valence electrons. The Morgan fingerprint density at radius 2 is 1.71 bits per heavy atom. The summed E-state index contributed by atoms with van der Waals surface area (Å²) in [6.07, 6.45) is 0. The number of amides is 1. The minimum atomic E-state index is -3.89. The van der Waals surface area contributed by atoms with E-state index in [9.17, 15) is 22.4 Å². The largest absolute Gasteiger partial charge is 0.462 e. The topological polar surface area (TPSA) is 102 Å². The molecule has 0 radical (unpaired) electrons. The molecule has 3 rings (SSSR count). The molecule has 1 aromatic heterocycles. The van der Waals surface area contributed by atoms with Gasteiger partial charge in [-0.25, -0.2) is 17.6 Å². The SMILES string of the molecule is CCOC(=O)c1sc(NC(=O)c2ccc(NS(=O)(=O)c3ccc(F)cc3)cc2)cc1C. The Kier molecular flexibility index (Phi) is 6.71. The van der Waals surface area contributed by atoms with Gasteiger partial charge in [-0.05, 0) is 74.0 Å². The molecule has 0 aliphatic heterocycles. The maximum Gasteiger partial charge on any atom is 0.348 e. The number of ether oxygens (including phenoxy) is 1. The Morgan fingerprint density at radius 3 is 2.32 bits per heavy atom. The summed E-state index contributed by atoms with van der Waals surface area (Å²) < 4.78 is 45.1. The van der Waals surface area contributed by atoms with Gasteiger partial charge in [0.05, 0.1) is 16.5 Å². The predicted octanol–water partition coefficient (Wildman–Crippen LogP) is 4.43. The van der Waals surface area contributed by atoms with Crippen molar-refractivity contribution in [2.45, 2.75) is 18.7 Å². The number of hydrogen-bond donors (Lipinski definition) is 2. The van der Waals surface area contributed by atoms with Gasteiger partial charge in [0.25, 0.3) is 15.9 Å². The van der Waals surface area contributed by atoms with Crippen LogP contribution >= 0.6 is 11.3 Å². The van der Waals surface area contributed by atoms with Crippen LogP contribution < -0.4 is 10.0 Å². The van der Waals surface area contributed by atoms with E-state index in [4.69, 9.17) is 4.74 Å². The monoisotopic (exact) mass is 462 g/mol. The molecule has 31 heavy (non-hydrogen) atoms. The Morgan fingerprint density at radius 1 is 1.06 bits per heavy atom. The van der Waals surface area contributed by atoms with Crippen LogP contribution in [-0.4, -0.2) is 26.9 Å². The molecule has 0 atom stereocenters. The molecule has 0 saturated heterocycles. The van der Waals surface area contributed by atoms with Crippen molar-refractivity contribution in [3.05, 3.63) is 76.4 Å². The van der Waals surface area contributed by atoms with Gasteiger partial charge in [-0.3, -0.25) is 9.52 Å². The minimum Gasteiger partial charge on any atom is -0.462 e. The van der Waals surface area contributed by atoms with Crippen LogP contribution in [0.3, 0.4) is 0 Å². The molecule has 2 N–H and O–H groups in total. The summed E-state index contributed by atoms with van der Waals surface area (Å²) in [5.41, 5.74) is 1.25. The lowest BCUT2D eigenvalue weighted by atomic mass is 10.2. The summed E-state index contributed by atoms with van der Waals surface area (Å²) >= 11 is 1.12. The summed E-state index contributed by atoms with van der Waals surface area (Å²) in [6, 6.07) is 11.9. The fourth-order valence-corrected chi connectivity index (χ4v) is 4.66. The molecule has 0 aliphatic rings. The van der Waals surface area contributed by atoms with E-state index < -0.39 is 27.7 Å². The molecular weight excluding hydrogens is 443 g/mol. The van der Waals surface area contributed by atoms with Gasteiger partial charge in [0, 0.05) is 11.3 Å². The van der Waals surface area contributed by atoms with E-state index in [1.165, 1.54) is 24.3 Å². The van der Waals surface area contributed by atoms with Gasteiger partial charge in [0.2, 0.25) is 0 Å². The van der Waals surface area contributed by atoms with E-state index >= 15 is 0 Å². The highest BCUT2D eigenvalue weighted by atomic mass is 32.2. The molecule has 0 saturated carbocycles. The van der Waals surface area contributed by atoms with Gasteiger partial charge in [0.1, 0.15) is 10.7 Å². The summed E-state index contributed by atoms with van der Waals surface area (Å²) in [5, 5.41) is 3.21. The van der Waals surface area contributed by atoms with Gasteiger partial charge in [-0.1, -0.05) is 0 Å². The second kappa shape index (κ2) is 9.27. The Balaban J connectivity index is 1.68. The number of anilines is 2. The number of thiophene rings is 1. The highest BCUT2D eigenvalue weighted by Gasteiger charge is 2.17. The van der Waals surface area contributed by atoms with Crippen LogP contribution in [-0.2, 0) is 14.8 Å². The normalized spacial score (nSPS) is 11.1. The van der Waals surface area contributed by atoms with Crippen LogP contribution in [0.25, 0.3) is 0 Å². The molecule has 0 fully saturated rings. The van der Waals surface area contributed by atoms with Gasteiger partial charge >= 0.3 is 5.97 Å². The maximum absolute atomic E-state index is 13.0. The number of halogens is 1. The number of benzene rings is 2. The standard InChI is InChI=1S/C21H19FN2O5S2/c1-3-29-21(26)19-13(2)12-18(30-19)23-20(25)14-4-8-16(9-5-14)24-31(27,28)17-10-6-15(22)7-11-17/h4-12,24H,3H2,1-2H3,(H,23,25). The van der Waals surface area contributed by atoms with E-state index in [0.717, 1.165) is 35.6 Å². The summed E-state index contributed by atoms with van der Waals surface area (Å²) in [5.74, 6) is -1.39. The first-order chi connectivity index (χ1) is 14.7. The second-order valence-electron chi connectivity index (χ2n) is 6.43. The van der Waals surface area contributed by atoms with Crippen LogP contribution in [0, 0.1) is 12.7 Å². The predicted molar refractivity (Wildman–Crippen MR) is 117 cm³/mol. The number of nitrogens with one attached hydrogen (secondary N) is 2. The molecule has 2 aromatic carbocycles. The van der Waals surface area contributed by atoms with Crippen molar-refractivity contribution in [1.82, 2.24) is 0 Å². The minimum absolute atomic E-state index is 0.0822. The average molecular weight is 463 g/mol. The summed E-state index contributed by atoms with van der Waals surface area (Å²) in [7, 11) is -3.89. The first-order valence-electron chi connectivity index (χ1n) is 9.17. The lowest BCUT2D eigenvalue weighted by Crippen LogP contribution is -2.14. The highest BCUT2D eigenvalue weighted by Crippen LogP contribution is 2.28. The zero-order valence-corrected chi connectivity index (χ0v) is 18.3. The zero-order chi connectivity index (χ0) is 22.6. The van der Waals surface area contributed by atoms with Crippen LogP contribution in [0.1, 0.15) is 32.5 Å².